The Hall–Kier alpha value is -1.61. The summed E-state index contributed by atoms with van der Waals surface area (Å²) in [7, 11) is 1.31. The number of aliphatic imine (C=N–C) groups is 1. The number of nitrogens with zero attached hydrogens (tertiary/aromatic N) is 3. The molecule has 0 spiro atoms. The largest absolute Gasteiger partial charge is 0.440 e. The third-order valence-corrected chi connectivity index (χ3v) is 3.22. The molecule has 0 fully saturated rings. The molecule has 0 aliphatic carbocycles. The summed E-state index contributed by atoms with van der Waals surface area (Å²) >= 11 is 5.69. The molecule has 0 saturated heterocycles. The number of nitrogens with one attached hydrogen (secondary N) is 1. The summed E-state index contributed by atoms with van der Waals surface area (Å²) < 4.78 is 38.9. The molecule has 0 aromatic rings. The molecule has 20 heavy (non-hydrogen) atoms. The van der Waals surface area contributed by atoms with Gasteiger partial charge in [0, 0.05) is 7.05 Å². The summed E-state index contributed by atoms with van der Waals surface area (Å²) in [6.45, 7) is 1.09. The summed E-state index contributed by atoms with van der Waals surface area (Å²) in [6, 6.07) is -1.54. The van der Waals surface area contributed by atoms with E-state index in [9.17, 15) is 23.1 Å². The molecule has 2 unspecified atom stereocenters. The summed E-state index contributed by atoms with van der Waals surface area (Å²) in [5.74, 6) is -1.05. The van der Waals surface area contributed by atoms with E-state index in [2.05, 4.69) is 15.4 Å². The lowest BCUT2D eigenvalue weighted by Crippen LogP contribution is -2.53. The standard InChI is InChI=1S/C10H10ClF3N4O2/c1-4-9(20,10(12,13)14)16-7-5(8(19)15-2)3-6(11)17-18(4)7/h3-4,20H,1-2H3,(H,15,19). The molecule has 2 aliphatic rings. The Bertz CT molecular complexity index is 557. The number of carbonyl (C=O) groups is 1. The number of amidine groups is 1. The number of hydrogen-bond donors (Lipinski definition) is 2. The molecule has 2 rings (SSSR count). The highest BCUT2D eigenvalue weighted by molar-refractivity contribution is 6.69. The molecule has 2 atom stereocenters. The van der Waals surface area contributed by atoms with Gasteiger partial charge in [-0.25, -0.2) is 10.0 Å². The van der Waals surface area contributed by atoms with Crippen molar-refractivity contribution in [1.82, 2.24) is 10.3 Å². The quantitative estimate of drug-likeness (QED) is 0.743. The normalized spacial score (nSPS) is 29.4. The minimum atomic E-state index is -5.01. The summed E-state index contributed by atoms with van der Waals surface area (Å²) in [5.41, 5.74) is -3.54. The van der Waals surface area contributed by atoms with Crippen LogP contribution in [0.2, 0.25) is 0 Å². The fourth-order valence-corrected chi connectivity index (χ4v) is 2.09. The van der Waals surface area contributed by atoms with E-state index in [-0.39, 0.29) is 16.6 Å². The summed E-state index contributed by atoms with van der Waals surface area (Å²) in [5, 5.41) is 16.3. The lowest BCUT2D eigenvalue weighted by Gasteiger charge is -2.30. The van der Waals surface area contributed by atoms with Crippen LogP contribution in [0.25, 0.3) is 0 Å². The molecule has 2 heterocycles. The van der Waals surface area contributed by atoms with Gasteiger partial charge in [-0.3, -0.25) is 4.79 Å². The topological polar surface area (TPSA) is 77.3 Å². The maximum absolute atomic E-state index is 13.0. The van der Waals surface area contributed by atoms with Crippen LogP contribution in [0.15, 0.2) is 21.7 Å². The molecular formula is C10H10ClF3N4O2. The zero-order valence-electron chi connectivity index (χ0n) is 10.4. The van der Waals surface area contributed by atoms with Crippen molar-refractivity contribution < 1.29 is 23.1 Å². The fourth-order valence-electron chi connectivity index (χ4n) is 1.90. The fraction of sp³-hybridized carbons (Fsp3) is 0.500. The Morgan fingerprint density at radius 2 is 2.20 bits per heavy atom. The number of alkyl halides is 3. The van der Waals surface area contributed by atoms with E-state index in [0.717, 1.165) is 18.0 Å². The molecule has 0 aromatic carbocycles. The van der Waals surface area contributed by atoms with Crippen LogP contribution >= 0.6 is 11.6 Å². The zero-order valence-corrected chi connectivity index (χ0v) is 11.1. The van der Waals surface area contributed by atoms with Gasteiger partial charge in [0.1, 0.15) is 6.04 Å². The number of halogens is 4. The van der Waals surface area contributed by atoms with Gasteiger partial charge < -0.3 is 10.4 Å². The van der Waals surface area contributed by atoms with Gasteiger partial charge in [-0.15, -0.1) is 0 Å². The SMILES string of the molecule is CNC(=O)C1=CC(Cl)=NN2C1=NC(O)(C(F)(F)F)C2C. The molecule has 6 nitrogen and oxygen atoms in total. The maximum atomic E-state index is 13.0. The molecule has 110 valence electrons. The summed E-state index contributed by atoms with van der Waals surface area (Å²) in [6.07, 6.45) is -3.92. The summed E-state index contributed by atoms with van der Waals surface area (Å²) in [4.78, 5) is 14.9. The average molecular weight is 311 g/mol. The highest BCUT2D eigenvalue weighted by Gasteiger charge is 2.64. The number of amides is 1. The van der Waals surface area contributed by atoms with E-state index in [1.54, 1.807) is 0 Å². The Balaban J connectivity index is 2.55. The van der Waals surface area contributed by atoms with E-state index in [1.807, 2.05) is 0 Å². The van der Waals surface area contributed by atoms with Crippen molar-refractivity contribution in [3.63, 3.8) is 0 Å². The Labute approximate surface area is 116 Å². The molecule has 2 N–H and O–H groups in total. The molecule has 0 radical (unpaired) electrons. The molecule has 0 bridgehead atoms. The second-order valence-corrected chi connectivity index (χ2v) is 4.63. The van der Waals surface area contributed by atoms with Gasteiger partial charge in [0.2, 0.25) is 0 Å². The van der Waals surface area contributed by atoms with Gasteiger partial charge in [-0.1, -0.05) is 11.6 Å². The van der Waals surface area contributed by atoms with Crippen LogP contribution in [0.4, 0.5) is 13.2 Å². The first-order valence-corrected chi connectivity index (χ1v) is 5.86. The Kier molecular flexibility index (Phi) is 3.29. The number of likely N-dealkylation sites (N-methyl/N-ethyl adjacent to an activating group) is 1. The molecule has 0 saturated carbocycles. The van der Waals surface area contributed by atoms with Crippen molar-refractivity contribution in [2.24, 2.45) is 10.1 Å². The first-order chi connectivity index (χ1) is 9.11. The van der Waals surface area contributed by atoms with Crippen molar-refractivity contribution in [1.29, 1.82) is 0 Å². The van der Waals surface area contributed by atoms with Gasteiger partial charge in [0.25, 0.3) is 11.6 Å². The first kappa shape index (κ1) is 14.8. The first-order valence-electron chi connectivity index (χ1n) is 5.48. The number of carbonyl (C=O) groups excluding carboxylic acids is 1. The molecule has 2 aliphatic heterocycles. The highest BCUT2D eigenvalue weighted by atomic mass is 35.5. The monoisotopic (exact) mass is 310 g/mol. The number of hydrogen-bond acceptors (Lipinski definition) is 5. The van der Waals surface area contributed by atoms with Gasteiger partial charge in [-0.2, -0.15) is 18.3 Å². The van der Waals surface area contributed by atoms with Crippen LogP contribution < -0.4 is 5.32 Å². The van der Waals surface area contributed by atoms with Crippen LogP contribution in [0, 0.1) is 0 Å². The van der Waals surface area contributed by atoms with Crippen molar-refractivity contribution in [2.75, 3.05) is 7.05 Å². The zero-order chi connectivity index (χ0) is 15.3. The minimum absolute atomic E-state index is 0.180. The second kappa shape index (κ2) is 4.45. The molecule has 1 amide bonds. The average Bonchev–Trinajstić information content (AvgIpc) is 2.61. The van der Waals surface area contributed by atoms with E-state index < -0.39 is 23.9 Å². The van der Waals surface area contributed by atoms with E-state index in [1.165, 1.54) is 7.05 Å². The second-order valence-electron chi connectivity index (χ2n) is 4.24. The molecule has 0 aromatic heterocycles. The predicted octanol–water partition coefficient (Wildman–Crippen LogP) is 0.578. The number of allylic oxidation sites excluding steroid dienone is 1. The van der Waals surface area contributed by atoms with Crippen LogP contribution in [0.5, 0.6) is 0 Å². The van der Waals surface area contributed by atoms with Crippen LogP contribution in [-0.2, 0) is 4.79 Å². The van der Waals surface area contributed by atoms with Crippen LogP contribution in [0.1, 0.15) is 6.92 Å². The third-order valence-electron chi connectivity index (χ3n) is 3.04. The Morgan fingerprint density at radius 1 is 1.60 bits per heavy atom. The Morgan fingerprint density at radius 3 is 2.70 bits per heavy atom. The van der Waals surface area contributed by atoms with E-state index >= 15 is 0 Å². The number of hydrazone groups is 1. The smallest absolute Gasteiger partial charge is 0.360 e. The third kappa shape index (κ3) is 1.97. The maximum Gasteiger partial charge on any atom is 0.440 e. The lowest BCUT2D eigenvalue weighted by atomic mass is 10.1. The lowest BCUT2D eigenvalue weighted by molar-refractivity contribution is -0.266. The number of rotatable bonds is 1. The van der Waals surface area contributed by atoms with Crippen molar-refractivity contribution in [2.45, 2.75) is 24.9 Å². The van der Waals surface area contributed by atoms with Crippen molar-refractivity contribution >= 4 is 28.5 Å². The van der Waals surface area contributed by atoms with Crippen LogP contribution in [-0.4, -0.2) is 52.0 Å². The van der Waals surface area contributed by atoms with Gasteiger partial charge in [-0.05, 0) is 13.0 Å². The molecular weight excluding hydrogens is 301 g/mol. The van der Waals surface area contributed by atoms with E-state index in [0.29, 0.717) is 0 Å². The molecule has 10 heteroatoms. The van der Waals surface area contributed by atoms with Gasteiger partial charge in [0.05, 0.1) is 5.57 Å². The predicted molar refractivity (Wildman–Crippen MR) is 65.2 cm³/mol. The van der Waals surface area contributed by atoms with Gasteiger partial charge in [0.15, 0.2) is 11.0 Å². The highest BCUT2D eigenvalue weighted by Crippen LogP contribution is 2.42. The van der Waals surface area contributed by atoms with Gasteiger partial charge >= 0.3 is 6.18 Å². The number of fused-ring (bicyclic) bond motifs is 1. The van der Waals surface area contributed by atoms with Crippen molar-refractivity contribution in [3.8, 4) is 0 Å². The van der Waals surface area contributed by atoms with Crippen LogP contribution in [0.3, 0.4) is 0 Å². The van der Waals surface area contributed by atoms with Crippen molar-refractivity contribution in [3.05, 3.63) is 11.6 Å². The van der Waals surface area contributed by atoms with E-state index in [4.69, 9.17) is 11.6 Å². The number of aliphatic hydroxyl groups is 1. The minimum Gasteiger partial charge on any atom is -0.360 e.